The van der Waals surface area contributed by atoms with Crippen molar-refractivity contribution in [2.24, 2.45) is 5.10 Å². The molecule has 1 aromatic heterocycles. The quantitative estimate of drug-likeness (QED) is 0.355. The number of nitrogens with two attached hydrogens (primary N) is 1. The van der Waals surface area contributed by atoms with Crippen molar-refractivity contribution < 1.29 is 9.53 Å². The summed E-state index contributed by atoms with van der Waals surface area (Å²) < 4.78 is 5.49. The summed E-state index contributed by atoms with van der Waals surface area (Å²) in [4.78, 5) is 12.3. The van der Waals surface area contributed by atoms with E-state index in [0.29, 0.717) is 29.4 Å². The Morgan fingerprint density at radius 1 is 1.22 bits per heavy atom. The average molecular weight is 363 g/mol. The van der Waals surface area contributed by atoms with Crippen molar-refractivity contribution in [3.8, 4) is 17.0 Å². The fraction of sp³-hybridized carbons (Fsp3) is 0.150. The van der Waals surface area contributed by atoms with Gasteiger partial charge in [0.15, 0.2) is 0 Å². The first-order chi connectivity index (χ1) is 13.1. The summed E-state index contributed by atoms with van der Waals surface area (Å²) in [6.45, 7) is 4.32. The van der Waals surface area contributed by atoms with E-state index in [9.17, 15) is 4.79 Å². The van der Waals surface area contributed by atoms with Gasteiger partial charge in [-0.15, -0.1) is 0 Å². The highest BCUT2D eigenvalue weighted by atomic mass is 16.5. The minimum Gasteiger partial charge on any atom is -0.494 e. The Kier molecular flexibility index (Phi) is 5.51. The highest BCUT2D eigenvalue weighted by Crippen LogP contribution is 2.22. The molecule has 1 heterocycles. The van der Waals surface area contributed by atoms with E-state index in [1.54, 1.807) is 18.2 Å². The van der Waals surface area contributed by atoms with E-state index in [1.807, 2.05) is 50.2 Å². The van der Waals surface area contributed by atoms with E-state index >= 15 is 0 Å². The maximum absolute atomic E-state index is 12.3. The van der Waals surface area contributed by atoms with Crippen LogP contribution in [0.1, 0.15) is 29.9 Å². The van der Waals surface area contributed by atoms with Crippen LogP contribution in [0.15, 0.2) is 59.7 Å². The molecular formula is C20H21N5O2. The van der Waals surface area contributed by atoms with Gasteiger partial charge in [0.2, 0.25) is 0 Å². The predicted molar refractivity (Wildman–Crippen MR) is 106 cm³/mol. The zero-order valence-electron chi connectivity index (χ0n) is 15.2. The van der Waals surface area contributed by atoms with Crippen LogP contribution in [-0.4, -0.2) is 28.4 Å². The van der Waals surface area contributed by atoms with E-state index in [4.69, 9.17) is 10.5 Å². The molecule has 2 aromatic carbocycles. The number of nitrogens with one attached hydrogen (secondary N) is 2. The van der Waals surface area contributed by atoms with Crippen LogP contribution >= 0.6 is 0 Å². The van der Waals surface area contributed by atoms with Gasteiger partial charge in [-0.1, -0.05) is 24.3 Å². The lowest BCUT2D eigenvalue weighted by atomic mass is 10.1. The summed E-state index contributed by atoms with van der Waals surface area (Å²) in [5.41, 5.74) is 12.3. The fourth-order valence-electron chi connectivity index (χ4n) is 2.48. The van der Waals surface area contributed by atoms with Crippen LogP contribution in [0.2, 0.25) is 0 Å². The first kappa shape index (κ1) is 18.2. The number of hydrogen-bond acceptors (Lipinski definition) is 5. The number of amides is 1. The lowest BCUT2D eigenvalue weighted by Gasteiger charge is -2.03. The zero-order chi connectivity index (χ0) is 19.2. The summed E-state index contributed by atoms with van der Waals surface area (Å²) in [5.74, 6) is 0.386. The number of benzene rings is 2. The number of carbonyl (C=O) groups excluding carboxylic acids is 1. The molecule has 27 heavy (non-hydrogen) atoms. The second-order valence-electron chi connectivity index (χ2n) is 5.89. The maximum Gasteiger partial charge on any atom is 0.289 e. The molecule has 7 heteroatoms. The molecule has 0 saturated carbocycles. The molecule has 0 aliphatic heterocycles. The second kappa shape index (κ2) is 8.18. The number of anilines is 1. The van der Waals surface area contributed by atoms with Gasteiger partial charge in [-0.25, -0.2) is 5.43 Å². The van der Waals surface area contributed by atoms with Gasteiger partial charge in [-0.05, 0) is 49.7 Å². The zero-order valence-corrected chi connectivity index (χ0v) is 15.2. The third kappa shape index (κ3) is 4.52. The van der Waals surface area contributed by atoms with E-state index < -0.39 is 0 Å². The number of H-pyrrole nitrogens is 1. The fourth-order valence-corrected chi connectivity index (χ4v) is 2.48. The topological polar surface area (TPSA) is 105 Å². The molecule has 0 radical (unpaired) electrons. The standard InChI is InChI=1S/C20H21N5O2/c1-3-27-17-6-4-5-15(11-17)18-12-19(24-23-18)20(26)25-22-13(2)14-7-9-16(21)10-8-14/h4-12H,3,21H2,1-2H3,(H,23,24)(H,25,26)/b22-13+. The molecule has 3 rings (SSSR count). The molecule has 0 aliphatic carbocycles. The molecule has 1 amide bonds. The third-order valence-corrected chi connectivity index (χ3v) is 3.92. The van der Waals surface area contributed by atoms with Crippen LogP contribution in [0.5, 0.6) is 5.75 Å². The van der Waals surface area contributed by atoms with Crippen LogP contribution < -0.4 is 15.9 Å². The van der Waals surface area contributed by atoms with Gasteiger partial charge in [0.05, 0.1) is 18.0 Å². The molecule has 0 spiro atoms. The first-order valence-electron chi connectivity index (χ1n) is 8.56. The van der Waals surface area contributed by atoms with E-state index in [2.05, 4.69) is 20.7 Å². The first-order valence-corrected chi connectivity index (χ1v) is 8.56. The molecule has 0 atom stereocenters. The molecule has 3 aromatic rings. The summed E-state index contributed by atoms with van der Waals surface area (Å²) in [5, 5.41) is 11.1. The molecule has 138 valence electrons. The molecule has 0 unspecified atom stereocenters. The van der Waals surface area contributed by atoms with Crippen molar-refractivity contribution in [2.75, 3.05) is 12.3 Å². The Morgan fingerprint density at radius 3 is 2.74 bits per heavy atom. The van der Waals surface area contributed by atoms with Gasteiger partial charge in [0, 0.05) is 11.3 Å². The largest absolute Gasteiger partial charge is 0.494 e. The lowest BCUT2D eigenvalue weighted by Crippen LogP contribution is -2.19. The number of ether oxygens (including phenoxy) is 1. The Hall–Kier alpha value is -3.61. The van der Waals surface area contributed by atoms with Gasteiger partial charge >= 0.3 is 0 Å². The molecule has 0 aliphatic rings. The summed E-state index contributed by atoms with van der Waals surface area (Å²) in [7, 11) is 0. The minimum absolute atomic E-state index is 0.320. The number of carbonyl (C=O) groups is 1. The Labute approximate surface area is 157 Å². The van der Waals surface area contributed by atoms with E-state index in [1.165, 1.54) is 0 Å². The van der Waals surface area contributed by atoms with Gasteiger partial charge in [-0.2, -0.15) is 10.2 Å². The predicted octanol–water partition coefficient (Wildman–Crippen LogP) is 3.21. The number of nitrogen functional groups attached to an aromatic ring is 1. The van der Waals surface area contributed by atoms with Crippen LogP contribution in [0, 0.1) is 0 Å². The van der Waals surface area contributed by atoms with Crippen molar-refractivity contribution in [2.45, 2.75) is 13.8 Å². The molecular weight excluding hydrogens is 342 g/mol. The summed E-state index contributed by atoms with van der Waals surface area (Å²) in [6.07, 6.45) is 0. The van der Waals surface area contributed by atoms with Crippen molar-refractivity contribution in [3.05, 3.63) is 65.9 Å². The van der Waals surface area contributed by atoms with Crippen LogP contribution in [0.3, 0.4) is 0 Å². The Morgan fingerprint density at radius 2 is 2.00 bits per heavy atom. The molecule has 0 fully saturated rings. The SMILES string of the molecule is CCOc1cccc(-c2cc(C(=O)N/N=C(\C)c3ccc(N)cc3)[nH]n2)c1. The summed E-state index contributed by atoms with van der Waals surface area (Å²) in [6, 6.07) is 16.5. The van der Waals surface area contributed by atoms with Crippen molar-refractivity contribution in [1.29, 1.82) is 0 Å². The minimum atomic E-state index is -0.371. The Balaban J connectivity index is 1.70. The molecule has 0 bridgehead atoms. The third-order valence-electron chi connectivity index (χ3n) is 3.92. The van der Waals surface area contributed by atoms with Gasteiger partial charge in [-0.3, -0.25) is 9.89 Å². The number of rotatable bonds is 6. The number of hydrogen-bond donors (Lipinski definition) is 3. The van der Waals surface area contributed by atoms with Crippen molar-refractivity contribution in [3.63, 3.8) is 0 Å². The average Bonchev–Trinajstić information content (AvgIpc) is 3.17. The van der Waals surface area contributed by atoms with Gasteiger partial charge < -0.3 is 10.5 Å². The van der Waals surface area contributed by atoms with Crippen LogP contribution in [-0.2, 0) is 0 Å². The number of nitrogens with zero attached hydrogens (tertiary/aromatic N) is 2. The van der Waals surface area contributed by atoms with Crippen LogP contribution in [0.25, 0.3) is 11.3 Å². The molecule has 0 saturated heterocycles. The van der Waals surface area contributed by atoms with E-state index in [-0.39, 0.29) is 5.91 Å². The normalized spacial score (nSPS) is 11.3. The van der Waals surface area contributed by atoms with Crippen molar-refractivity contribution in [1.82, 2.24) is 15.6 Å². The lowest BCUT2D eigenvalue weighted by molar-refractivity contribution is 0.0950. The van der Waals surface area contributed by atoms with E-state index in [0.717, 1.165) is 16.9 Å². The maximum atomic E-state index is 12.3. The number of hydrazone groups is 1. The smallest absolute Gasteiger partial charge is 0.289 e. The highest BCUT2D eigenvalue weighted by Gasteiger charge is 2.11. The molecule has 7 nitrogen and oxygen atoms in total. The Bertz CT molecular complexity index is 961. The molecule has 4 N–H and O–H groups in total. The number of aromatic nitrogens is 2. The van der Waals surface area contributed by atoms with Crippen molar-refractivity contribution >= 4 is 17.3 Å². The number of aromatic amines is 1. The monoisotopic (exact) mass is 363 g/mol. The second-order valence-corrected chi connectivity index (χ2v) is 5.89. The van der Waals surface area contributed by atoms with Gasteiger partial charge in [0.25, 0.3) is 5.91 Å². The van der Waals surface area contributed by atoms with Crippen LogP contribution in [0.4, 0.5) is 5.69 Å². The summed E-state index contributed by atoms with van der Waals surface area (Å²) >= 11 is 0. The van der Waals surface area contributed by atoms with Gasteiger partial charge in [0.1, 0.15) is 11.4 Å². The highest BCUT2D eigenvalue weighted by molar-refractivity contribution is 6.00.